The van der Waals surface area contributed by atoms with Gasteiger partial charge in [-0.25, -0.2) is 0 Å². The third-order valence-electron chi connectivity index (χ3n) is 7.25. The highest BCUT2D eigenvalue weighted by atomic mass is 19.4. The van der Waals surface area contributed by atoms with E-state index < -0.39 is 11.7 Å². The largest absolute Gasteiger partial charge is 0.497 e. The Hall–Kier alpha value is -3.89. The van der Waals surface area contributed by atoms with E-state index in [2.05, 4.69) is 15.4 Å². The molecule has 0 aliphatic carbocycles. The summed E-state index contributed by atoms with van der Waals surface area (Å²) >= 11 is 0. The first-order valence-corrected chi connectivity index (χ1v) is 12.0. The molecule has 1 aromatic heterocycles. The first-order chi connectivity index (χ1) is 17.7. The summed E-state index contributed by atoms with van der Waals surface area (Å²) in [5.74, 6) is 0.257. The summed E-state index contributed by atoms with van der Waals surface area (Å²) in [6.07, 6.45) is -0.697. The van der Waals surface area contributed by atoms with E-state index in [1.54, 1.807) is 23.1 Å². The standard InChI is InChI=1S/C26H26F3N5O3/c1-37-20-5-2-16(21(13-20)26(27,28)29)4-7-24(35)33-10-8-18-14-34(15-19(18)9-11-33)25(36)17-3-6-22-23(12-17)31-32-30-22/h2-7,12-13,18-19H,8-11,14-15H2,1H3,(H,30,31,32)/b7-4+/t18-,19+. The molecule has 2 amide bonds. The number of alkyl halides is 3. The van der Waals surface area contributed by atoms with E-state index in [0.717, 1.165) is 18.9 Å². The summed E-state index contributed by atoms with van der Waals surface area (Å²) in [5, 5.41) is 10.6. The summed E-state index contributed by atoms with van der Waals surface area (Å²) in [5.41, 5.74) is 0.957. The molecule has 2 fully saturated rings. The lowest BCUT2D eigenvalue weighted by atomic mass is 9.92. The minimum Gasteiger partial charge on any atom is -0.497 e. The Kier molecular flexibility index (Phi) is 6.61. The van der Waals surface area contributed by atoms with Crippen molar-refractivity contribution in [1.29, 1.82) is 0 Å². The number of carbonyl (C=O) groups is 2. The molecule has 194 valence electrons. The number of ether oxygens (including phenoxy) is 1. The van der Waals surface area contributed by atoms with Crippen molar-refractivity contribution in [3.8, 4) is 5.75 Å². The molecule has 0 unspecified atom stereocenters. The third kappa shape index (κ3) is 5.16. The van der Waals surface area contributed by atoms with Crippen LogP contribution in [0.3, 0.4) is 0 Å². The number of nitrogens with zero attached hydrogens (tertiary/aromatic N) is 4. The highest BCUT2D eigenvalue weighted by molar-refractivity contribution is 5.97. The molecule has 2 aromatic carbocycles. The molecule has 0 bridgehead atoms. The van der Waals surface area contributed by atoms with Crippen molar-refractivity contribution in [3.05, 3.63) is 59.2 Å². The van der Waals surface area contributed by atoms with Crippen LogP contribution in [0.2, 0.25) is 0 Å². The number of methoxy groups -OCH3 is 1. The van der Waals surface area contributed by atoms with Gasteiger partial charge in [0.1, 0.15) is 16.8 Å². The Morgan fingerprint density at radius 2 is 1.70 bits per heavy atom. The fraction of sp³-hybridized carbons (Fsp3) is 0.385. The number of likely N-dealkylation sites (tertiary alicyclic amines) is 2. The molecule has 1 N–H and O–H groups in total. The van der Waals surface area contributed by atoms with Gasteiger partial charge in [-0.3, -0.25) is 9.59 Å². The Balaban J connectivity index is 1.21. The number of halogens is 3. The average Bonchev–Trinajstić information content (AvgIpc) is 3.48. The number of rotatable bonds is 4. The molecule has 3 heterocycles. The van der Waals surface area contributed by atoms with Crippen molar-refractivity contribution >= 4 is 28.9 Å². The topological polar surface area (TPSA) is 91.4 Å². The maximum Gasteiger partial charge on any atom is 0.417 e. The monoisotopic (exact) mass is 513 g/mol. The Morgan fingerprint density at radius 3 is 2.38 bits per heavy atom. The number of fused-ring (bicyclic) bond motifs is 2. The molecule has 5 rings (SSSR count). The molecule has 2 aliphatic rings. The van der Waals surface area contributed by atoms with E-state index in [1.165, 1.54) is 31.4 Å². The van der Waals surface area contributed by atoms with Gasteiger partial charge in [-0.15, -0.1) is 0 Å². The Bertz CT molecular complexity index is 1340. The highest BCUT2D eigenvalue weighted by Crippen LogP contribution is 2.35. The van der Waals surface area contributed by atoms with Gasteiger partial charge in [-0.1, -0.05) is 6.07 Å². The van der Waals surface area contributed by atoms with Crippen LogP contribution in [0, 0.1) is 11.8 Å². The van der Waals surface area contributed by atoms with Crippen molar-refractivity contribution in [2.75, 3.05) is 33.3 Å². The van der Waals surface area contributed by atoms with Gasteiger partial charge in [-0.05, 0) is 66.6 Å². The van der Waals surface area contributed by atoms with Gasteiger partial charge in [-0.2, -0.15) is 28.6 Å². The van der Waals surface area contributed by atoms with Crippen LogP contribution in [0.25, 0.3) is 17.1 Å². The van der Waals surface area contributed by atoms with E-state index in [0.29, 0.717) is 42.8 Å². The predicted molar refractivity (Wildman–Crippen MR) is 130 cm³/mol. The Labute approximate surface area is 211 Å². The van der Waals surface area contributed by atoms with Gasteiger partial charge in [0, 0.05) is 37.8 Å². The molecule has 3 aromatic rings. The minimum atomic E-state index is -4.57. The quantitative estimate of drug-likeness (QED) is 0.533. The van der Waals surface area contributed by atoms with Gasteiger partial charge in [0.05, 0.1) is 12.7 Å². The van der Waals surface area contributed by atoms with Gasteiger partial charge in [0.2, 0.25) is 5.91 Å². The summed E-state index contributed by atoms with van der Waals surface area (Å²) in [4.78, 5) is 29.4. The van der Waals surface area contributed by atoms with E-state index >= 15 is 0 Å². The third-order valence-corrected chi connectivity index (χ3v) is 7.25. The normalized spacial score (nSPS) is 20.3. The van der Waals surface area contributed by atoms with Crippen LogP contribution >= 0.6 is 0 Å². The molecule has 11 heteroatoms. The maximum atomic E-state index is 13.5. The van der Waals surface area contributed by atoms with Crippen LogP contribution < -0.4 is 4.74 Å². The first kappa shape index (κ1) is 24.8. The number of carbonyl (C=O) groups excluding carboxylic acids is 2. The summed E-state index contributed by atoms with van der Waals surface area (Å²) < 4.78 is 45.3. The summed E-state index contributed by atoms with van der Waals surface area (Å²) in [7, 11) is 1.30. The maximum absolute atomic E-state index is 13.5. The lowest BCUT2D eigenvalue weighted by Gasteiger charge is -2.21. The second kappa shape index (κ2) is 9.87. The first-order valence-electron chi connectivity index (χ1n) is 12.0. The molecule has 2 saturated heterocycles. The zero-order valence-electron chi connectivity index (χ0n) is 20.2. The Morgan fingerprint density at radius 1 is 1.00 bits per heavy atom. The van der Waals surface area contributed by atoms with Crippen molar-refractivity contribution in [2.45, 2.75) is 19.0 Å². The lowest BCUT2D eigenvalue weighted by molar-refractivity contribution is -0.137. The fourth-order valence-electron chi connectivity index (χ4n) is 5.21. The minimum absolute atomic E-state index is 0.0474. The molecular formula is C26H26F3N5O3. The van der Waals surface area contributed by atoms with Crippen molar-refractivity contribution in [3.63, 3.8) is 0 Å². The number of aromatic amines is 1. The molecular weight excluding hydrogens is 487 g/mol. The van der Waals surface area contributed by atoms with Gasteiger partial charge in [0.25, 0.3) is 5.91 Å². The molecule has 8 nitrogen and oxygen atoms in total. The zero-order valence-corrected chi connectivity index (χ0v) is 20.2. The number of H-pyrrole nitrogens is 1. The number of aromatic nitrogens is 3. The van der Waals surface area contributed by atoms with Crippen molar-refractivity contribution in [2.24, 2.45) is 11.8 Å². The second-order valence-corrected chi connectivity index (χ2v) is 9.44. The van der Waals surface area contributed by atoms with Gasteiger partial charge < -0.3 is 14.5 Å². The number of hydrogen-bond acceptors (Lipinski definition) is 5. The molecule has 2 atom stereocenters. The molecule has 37 heavy (non-hydrogen) atoms. The number of amides is 2. The predicted octanol–water partition coefficient (Wildman–Crippen LogP) is 4.01. The van der Waals surface area contributed by atoms with Crippen LogP contribution in [0.4, 0.5) is 13.2 Å². The van der Waals surface area contributed by atoms with E-state index in [4.69, 9.17) is 4.74 Å². The van der Waals surface area contributed by atoms with E-state index in [-0.39, 0.29) is 35.0 Å². The van der Waals surface area contributed by atoms with Crippen LogP contribution in [0.15, 0.2) is 42.5 Å². The number of benzene rings is 2. The fourth-order valence-corrected chi connectivity index (χ4v) is 5.21. The molecule has 0 saturated carbocycles. The van der Waals surface area contributed by atoms with Crippen LogP contribution in [-0.4, -0.2) is 70.3 Å². The van der Waals surface area contributed by atoms with Gasteiger partial charge in [0.15, 0.2) is 0 Å². The molecule has 0 radical (unpaired) electrons. The van der Waals surface area contributed by atoms with Crippen molar-refractivity contribution < 1.29 is 27.5 Å². The molecule has 2 aliphatic heterocycles. The van der Waals surface area contributed by atoms with E-state index in [1.807, 2.05) is 4.90 Å². The summed E-state index contributed by atoms with van der Waals surface area (Å²) in [6.45, 7) is 2.20. The van der Waals surface area contributed by atoms with E-state index in [9.17, 15) is 22.8 Å². The molecule has 0 spiro atoms. The summed E-state index contributed by atoms with van der Waals surface area (Å²) in [6, 6.07) is 8.90. The highest BCUT2D eigenvalue weighted by Gasteiger charge is 2.38. The average molecular weight is 514 g/mol. The van der Waals surface area contributed by atoms with Crippen molar-refractivity contribution in [1.82, 2.24) is 25.2 Å². The van der Waals surface area contributed by atoms with Crippen LogP contribution in [-0.2, 0) is 11.0 Å². The van der Waals surface area contributed by atoms with Gasteiger partial charge >= 0.3 is 6.18 Å². The number of nitrogens with one attached hydrogen (secondary N) is 1. The smallest absolute Gasteiger partial charge is 0.417 e. The second-order valence-electron chi connectivity index (χ2n) is 9.44. The number of hydrogen-bond donors (Lipinski definition) is 1. The zero-order chi connectivity index (χ0) is 26.2. The lowest BCUT2D eigenvalue weighted by Crippen LogP contribution is -2.33. The SMILES string of the molecule is COc1ccc(/C=C/C(=O)N2CC[C@@H]3CN(C(=O)c4ccc5n[nH]nc5c4)C[C@@H]3CC2)c(C(F)(F)F)c1. The van der Waals surface area contributed by atoms with Crippen LogP contribution in [0.5, 0.6) is 5.75 Å². The van der Waals surface area contributed by atoms with Crippen LogP contribution in [0.1, 0.15) is 34.3 Å².